The Morgan fingerprint density at radius 3 is 2.37 bits per heavy atom. The molecule has 0 bridgehead atoms. The van der Waals surface area contributed by atoms with Crippen molar-refractivity contribution in [2.45, 2.75) is 59.3 Å². The molecule has 2 amide bonds. The summed E-state index contributed by atoms with van der Waals surface area (Å²) in [5.74, 6) is 0. The van der Waals surface area contributed by atoms with E-state index in [1.807, 2.05) is 18.7 Å². The quantitative estimate of drug-likeness (QED) is 0.553. The van der Waals surface area contributed by atoms with Crippen molar-refractivity contribution in [2.75, 3.05) is 32.8 Å². The van der Waals surface area contributed by atoms with Gasteiger partial charge in [0.25, 0.3) is 0 Å². The van der Waals surface area contributed by atoms with E-state index in [0.717, 1.165) is 19.5 Å². The molecule has 0 atom stereocenters. The normalized spacial score (nSPS) is 10.5. The van der Waals surface area contributed by atoms with Crippen LogP contribution in [-0.4, -0.2) is 43.8 Å². The number of rotatable bonds is 12. The van der Waals surface area contributed by atoms with Gasteiger partial charge in [-0.25, -0.2) is 4.79 Å². The first kappa shape index (κ1) is 18.2. The summed E-state index contributed by atoms with van der Waals surface area (Å²) in [4.78, 5) is 13.7. The highest BCUT2D eigenvalue weighted by atomic mass is 16.5. The SMILES string of the molecule is CCCCCCCCN(CC)C(=O)NCCOCC. The van der Waals surface area contributed by atoms with Gasteiger partial charge in [-0.1, -0.05) is 39.0 Å². The fourth-order valence-electron chi connectivity index (χ4n) is 1.97. The molecule has 0 aliphatic heterocycles. The molecule has 0 spiro atoms. The second kappa shape index (κ2) is 13.7. The van der Waals surface area contributed by atoms with Gasteiger partial charge in [0.15, 0.2) is 0 Å². The van der Waals surface area contributed by atoms with Crippen LogP contribution < -0.4 is 5.32 Å². The highest BCUT2D eigenvalue weighted by Gasteiger charge is 2.09. The summed E-state index contributed by atoms with van der Waals surface area (Å²) in [6.07, 6.45) is 7.55. The van der Waals surface area contributed by atoms with Crippen LogP contribution in [0.15, 0.2) is 0 Å². The van der Waals surface area contributed by atoms with Crippen LogP contribution in [0.2, 0.25) is 0 Å². The van der Waals surface area contributed by atoms with Gasteiger partial charge >= 0.3 is 6.03 Å². The third-order valence-corrected chi connectivity index (χ3v) is 3.18. The number of ether oxygens (including phenoxy) is 1. The van der Waals surface area contributed by atoms with Crippen molar-refractivity contribution in [3.8, 4) is 0 Å². The number of hydrogen-bond donors (Lipinski definition) is 1. The molecule has 0 fully saturated rings. The largest absolute Gasteiger partial charge is 0.380 e. The number of urea groups is 1. The van der Waals surface area contributed by atoms with Crippen LogP contribution in [0.25, 0.3) is 0 Å². The summed E-state index contributed by atoms with van der Waals surface area (Å²) in [7, 11) is 0. The average Bonchev–Trinajstić information content (AvgIpc) is 2.42. The van der Waals surface area contributed by atoms with Gasteiger partial charge in [0, 0.05) is 26.2 Å². The van der Waals surface area contributed by atoms with Crippen molar-refractivity contribution in [3.63, 3.8) is 0 Å². The Balaban J connectivity index is 3.59. The summed E-state index contributed by atoms with van der Waals surface area (Å²) >= 11 is 0. The van der Waals surface area contributed by atoms with Gasteiger partial charge in [0.2, 0.25) is 0 Å². The first-order chi connectivity index (χ1) is 9.26. The van der Waals surface area contributed by atoms with Crippen LogP contribution in [0.3, 0.4) is 0 Å². The van der Waals surface area contributed by atoms with Crippen LogP contribution in [0.5, 0.6) is 0 Å². The number of hydrogen-bond acceptors (Lipinski definition) is 2. The first-order valence-corrected chi connectivity index (χ1v) is 7.86. The Hall–Kier alpha value is -0.770. The molecule has 0 aliphatic rings. The maximum absolute atomic E-state index is 11.9. The van der Waals surface area contributed by atoms with Crippen LogP contribution in [-0.2, 0) is 4.74 Å². The summed E-state index contributed by atoms with van der Waals surface area (Å²) in [6.45, 7) is 9.74. The summed E-state index contributed by atoms with van der Waals surface area (Å²) in [5, 5.41) is 2.89. The van der Waals surface area contributed by atoms with E-state index in [2.05, 4.69) is 12.2 Å². The van der Waals surface area contributed by atoms with E-state index in [4.69, 9.17) is 4.74 Å². The molecule has 19 heavy (non-hydrogen) atoms. The Morgan fingerprint density at radius 2 is 1.74 bits per heavy atom. The van der Waals surface area contributed by atoms with E-state index in [9.17, 15) is 4.79 Å². The molecule has 0 rings (SSSR count). The molecule has 114 valence electrons. The van der Waals surface area contributed by atoms with E-state index in [-0.39, 0.29) is 6.03 Å². The Bertz CT molecular complexity index is 210. The molecule has 0 aromatic heterocycles. The summed E-state index contributed by atoms with van der Waals surface area (Å²) in [6, 6.07) is 0.0377. The highest BCUT2D eigenvalue weighted by molar-refractivity contribution is 5.74. The van der Waals surface area contributed by atoms with Crippen LogP contribution in [0, 0.1) is 0 Å². The maximum atomic E-state index is 11.9. The van der Waals surface area contributed by atoms with Gasteiger partial charge in [0.05, 0.1) is 6.61 Å². The van der Waals surface area contributed by atoms with Crippen molar-refractivity contribution in [3.05, 3.63) is 0 Å². The van der Waals surface area contributed by atoms with Crippen molar-refractivity contribution in [2.24, 2.45) is 0 Å². The third-order valence-electron chi connectivity index (χ3n) is 3.18. The molecule has 0 saturated heterocycles. The van der Waals surface area contributed by atoms with E-state index < -0.39 is 0 Å². The minimum Gasteiger partial charge on any atom is -0.380 e. The van der Waals surface area contributed by atoms with Crippen LogP contribution in [0.1, 0.15) is 59.3 Å². The highest BCUT2D eigenvalue weighted by Crippen LogP contribution is 2.06. The third kappa shape index (κ3) is 10.8. The minimum absolute atomic E-state index is 0.0377. The molecule has 1 N–H and O–H groups in total. The van der Waals surface area contributed by atoms with Gasteiger partial charge in [0.1, 0.15) is 0 Å². The monoisotopic (exact) mass is 272 g/mol. The van der Waals surface area contributed by atoms with Gasteiger partial charge < -0.3 is 15.0 Å². The van der Waals surface area contributed by atoms with E-state index in [1.54, 1.807) is 0 Å². The molecule has 0 heterocycles. The Morgan fingerprint density at radius 1 is 1.05 bits per heavy atom. The molecule has 4 nitrogen and oxygen atoms in total. The predicted octanol–water partition coefficient (Wildman–Crippen LogP) is 3.41. The molecule has 0 radical (unpaired) electrons. The first-order valence-electron chi connectivity index (χ1n) is 7.86. The number of unbranched alkanes of at least 4 members (excludes halogenated alkanes) is 5. The van der Waals surface area contributed by atoms with E-state index in [0.29, 0.717) is 19.8 Å². The Labute approximate surface area is 118 Å². The molecular weight excluding hydrogens is 240 g/mol. The second-order valence-corrected chi connectivity index (χ2v) is 4.78. The summed E-state index contributed by atoms with van der Waals surface area (Å²) in [5.41, 5.74) is 0. The van der Waals surface area contributed by atoms with Gasteiger partial charge in [-0.05, 0) is 20.3 Å². The van der Waals surface area contributed by atoms with E-state index in [1.165, 1.54) is 32.1 Å². The van der Waals surface area contributed by atoms with Crippen molar-refractivity contribution < 1.29 is 9.53 Å². The lowest BCUT2D eigenvalue weighted by Crippen LogP contribution is -2.41. The average molecular weight is 272 g/mol. The lowest BCUT2D eigenvalue weighted by molar-refractivity contribution is 0.145. The molecular formula is C15H32N2O2. The molecule has 0 aromatic carbocycles. The number of carbonyl (C=O) groups excluding carboxylic acids is 1. The topological polar surface area (TPSA) is 41.6 Å². The number of carbonyl (C=O) groups is 1. The standard InChI is InChI=1S/C15H32N2O2/c1-4-7-8-9-10-11-13-17(5-2)15(18)16-12-14-19-6-3/h4-14H2,1-3H3,(H,16,18). The molecule has 0 unspecified atom stereocenters. The lowest BCUT2D eigenvalue weighted by atomic mass is 10.1. The second-order valence-electron chi connectivity index (χ2n) is 4.78. The zero-order valence-electron chi connectivity index (χ0n) is 13.0. The van der Waals surface area contributed by atoms with Gasteiger partial charge in [-0.15, -0.1) is 0 Å². The molecule has 0 aromatic rings. The molecule has 0 aliphatic carbocycles. The fourth-order valence-corrected chi connectivity index (χ4v) is 1.97. The Kier molecular flexibility index (Phi) is 13.1. The number of nitrogens with zero attached hydrogens (tertiary/aromatic N) is 1. The molecule has 0 saturated carbocycles. The predicted molar refractivity (Wildman–Crippen MR) is 80.5 cm³/mol. The van der Waals surface area contributed by atoms with Gasteiger partial charge in [-0.3, -0.25) is 0 Å². The number of amides is 2. The summed E-state index contributed by atoms with van der Waals surface area (Å²) < 4.78 is 5.20. The lowest BCUT2D eigenvalue weighted by Gasteiger charge is -2.21. The number of nitrogens with one attached hydrogen (secondary N) is 1. The van der Waals surface area contributed by atoms with Crippen molar-refractivity contribution >= 4 is 6.03 Å². The van der Waals surface area contributed by atoms with Crippen molar-refractivity contribution in [1.29, 1.82) is 0 Å². The van der Waals surface area contributed by atoms with E-state index >= 15 is 0 Å². The fraction of sp³-hybridized carbons (Fsp3) is 0.933. The minimum atomic E-state index is 0.0377. The molecule has 4 heteroatoms. The van der Waals surface area contributed by atoms with Crippen molar-refractivity contribution in [1.82, 2.24) is 10.2 Å². The maximum Gasteiger partial charge on any atom is 0.317 e. The zero-order valence-corrected chi connectivity index (χ0v) is 13.0. The van der Waals surface area contributed by atoms with Crippen LogP contribution >= 0.6 is 0 Å². The van der Waals surface area contributed by atoms with Gasteiger partial charge in [-0.2, -0.15) is 0 Å². The van der Waals surface area contributed by atoms with Crippen LogP contribution in [0.4, 0.5) is 4.79 Å². The zero-order chi connectivity index (χ0) is 14.3. The smallest absolute Gasteiger partial charge is 0.317 e.